The van der Waals surface area contributed by atoms with Gasteiger partial charge in [0.25, 0.3) is 10.0 Å². The monoisotopic (exact) mass is 460 g/mol. The predicted molar refractivity (Wildman–Crippen MR) is 118 cm³/mol. The molecule has 0 atom stereocenters. The van der Waals surface area contributed by atoms with Gasteiger partial charge in [0.1, 0.15) is 22.9 Å². The summed E-state index contributed by atoms with van der Waals surface area (Å²) in [6, 6.07) is 7.07. The van der Waals surface area contributed by atoms with E-state index in [1.807, 2.05) is 13.8 Å². The van der Waals surface area contributed by atoms with Crippen LogP contribution in [-0.2, 0) is 16.4 Å². The lowest BCUT2D eigenvalue weighted by Gasteiger charge is -2.20. The highest BCUT2D eigenvalue weighted by Gasteiger charge is 2.20. The standard InChI is InChI=1S/C21H24N4O6S/c1-13-18(14(2)31-23-13)9-10-25(3)20-19(21(26)27)11-15(12-22-20)24-32(28,29)17-7-5-16(30-4)6-8-17/h5-8,11-12,24H,9-10H2,1-4H3,(H,26,27). The number of aromatic carboxylic acids is 1. The maximum absolute atomic E-state index is 12.6. The van der Waals surface area contributed by atoms with E-state index >= 15 is 0 Å². The minimum atomic E-state index is -3.93. The highest BCUT2D eigenvalue weighted by Crippen LogP contribution is 2.24. The summed E-state index contributed by atoms with van der Waals surface area (Å²) < 4.78 is 37.8. The van der Waals surface area contributed by atoms with E-state index in [9.17, 15) is 18.3 Å². The van der Waals surface area contributed by atoms with Crippen LogP contribution in [0.4, 0.5) is 11.5 Å². The Hall–Kier alpha value is -3.60. The summed E-state index contributed by atoms with van der Waals surface area (Å²) in [4.78, 5) is 17.8. The van der Waals surface area contributed by atoms with Crippen molar-refractivity contribution in [1.29, 1.82) is 0 Å². The van der Waals surface area contributed by atoms with Gasteiger partial charge in [0.2, 0.25) is 0 Å². The minimum Gasteiger partial charge on any atom is -0.497 e. The van der Waals surface area contributed by atoms with Crippen molar-refractivity contribution in [1.82, 2.24) is 10.1 Å². The lowest BCUT2D eigenvalue weighted by Crippen LogP contribution is -2.24. The summed E-state index contributed by atoms with van der Waals surface area (Å²) in [6.45, 7) is 4.13. The second-order valence-electron chi connectivity index (χ2n) is 7.16. The van der Waals surface area contributed by atoms with E-state index in [2.05, 4.69) is 14.9 Å². The second kappa shape index (κ2) is 9.27. The van der Waals surface area contributed by atoms with Crippen molar-refractivity contribution in [2.75, 3.05) is 30.3 Å². The highest BCUT2D eigenvalue weighted by atomic mass is 32.2. The number of carbonyl (C=O) groups is 1. The number of aromatic nitrogens is 2. The number of nitrogens with zero attached hydrogens (tertiary/aromatic N) is 3. The van der Waals surface area contributed by atoms with Gasteiger partial charge in [-0.1, -0.05) is 5.16 Å². The molecule has 0 fully saturated rings. The number of ether oxygens (including phenoxy) is 1. The SMILES string of the molecule is COc1ccc(S(=O)(=O)Nc2cnc(N(C)CCc3c(C)noc3C)c(C(=O)O)c2)cc1. The van der Waals surface area contributed by atoms with Gasteiger partial charge in [-0.2, -0.15) is 0 Å². The Labute approximate surface area is 185 Å². The third kappa shape index (κ3) is 4.99. The maximum atomic E-state index is 12.6. The summed E-state index contributed by atoms with van der Waals surface area (Å²) in [5, 5.41) is 13.6. The van der Waals surface area contributed by atoms with Gasteiger partial charge in [0, 0.05) is 19.2 Å². The lowest BCUT2D eigenvalue weighted by molar-refractivity contribution is 0.0697. The molecule has 2 N–H and O–H groups in total. The van der Waals surface area contributed by atoms with Gasteiger partial charge in [0.05, 0.1) is 29.6 Å². The van der Waals surface area contributed by atoms with Crippen LogP contribution in [0.5, 0.6) is 5.75 Å². The number of carboxylic acid groups (broad SMARTS) is 1. The average molecular weight is 461 g/mol. The fourth-order valence-corrected chi connectivity index (χ4v) is 4.22. The van der Waals surface area contributed by atoms with E-state index in [4.69, 9.17) is 9.26 Å². The van der Waals surface area contributed by atoms with Gasteiger partial charge in [-0.25, -0.2) is 18.2 Å². The van der Waals surface area contributed by atoms with Gasteiger partial charge < -0.3 is 19.3 Å². The summed E-state index contributed by atoms with van der Waals surface area (Å²) in [6.07, 6.45) is 1.87. The molecule has 0 saturated heterocycles. The first-order valence-electron chi connectivity index (χ1n) is 9.65. The number of carboxylic acids is 1. The quantitative estimate of drug-likeness (QED) is 0.494. The molecule has 32 heavy (non-hydrogen) atoms. The Morgan fingerprint density at radius 3 is 2.50 bits per heavy atom. The predicted octanol–water partition coefficient (Wildman–Crippen LogP) is 2.87. The molecule has 0 unspecified atom stereocenters. The molecular weight excluding hydrogens is 436 g/mol. The second-order valence-corrected chi connectivity index (χ2v) is 8.84. The molecule has 0 spiro atoms. The Kier molecular flexibility index (Phi) is 6.68. The third-order valence-electron chi connectivity index (χ3n) is 4.96. The zero-order valence-electron chi connectivity index (χ0n) is 18.1. The number of anilines is 2. The summed E-state index contributed by atoms with van der Waals surface area (Å²) in [5.74, 6) is 0.229. The van der Waals surface area contributed by atoms with Crippen LogP contribution in [0.3, 0.4) is 0 Å². The zero-order chi connectivity index (χ0) is 23.5. The topological polar surface area (TPSA) is 135 Å². The number of methoxy groups -OCH3 is 1. The summed E-state index contributed by atoms with van der Waals surface area (Å²) in [5.41, 5.74) is 1.66. The van der Waals surface area contributed by atoms with Crippen molar-refractivity contribution in [2.45, 2.75) is 25.2 Å². The zero-order valence-corrected chi connectivity index (χ0v) is 18.9. The fraction of sp³-hybridized carbons (Fsp3) is 0.286. The largest absolute Gasteiger partial charge is 0.497 e. The van der Waals surface area contributed by atoms with Crippen LogP contribution in [0.2, 0.25) is 0 Å². The fourth-order valence-electron chi connectivity index (χ4n) is 3.19. The molecule has 0 saturated carbocycles. The van der Waals surface area contributed by atoms with Crippen molar-refractivity contribution >= 4 is 27.5 Å². The Morgan fingerprint density at radius 1 is 1.25 bits per heavy atom. The van der Waals surface area contributed by atoms with E-state index in [0.717, 1.165) is 11.3 Å². The molecule has 2 aromatic heterocycles. The number of hydrogen-bond acceptors (Lipinski definition) is 8. The van der Waals surface area contributed by atoms with Crippen molar-refractivity contribution in [3.05, 3.63) is 59.1 Å². The number of nitrogens with one attached hydrogen (secondary N) is 1. The van der Waals surface area contributed by atoms with Crippen molar-refractivity contribution in [3.8, 4) is 5.75 Å². The third-order valence-corrected chi connectivity index (χ3v) is 6.36. The van der Waals surface area contributed by atoms with Crippen molar-refractivity contribution < 1.29 is 27.6 Å². The number of pyridine rings is 1. The summed E-state index contributed by atoms with van der Waals surface area (Å²) in [7, 11) is -0.736. The van der Waals surface area contributed by atoms with Crippen LogP contribution in [0.15, 0.2) is 45.9 Å². The van der Waals surface area contributed by atoms with Crippen molar-refractivity contribution in [2.24, 2.45) is 0 Å². The molecule has 0 aliphatic rings. The van der Waals surface area contributed by atoms with Gasteiger partial charge in [-0.15, -0.1) is 0 Å². The highest BCUT2D eigenvalue weighted by molar-refractivity contribution is 7.92. The first-order valence-corrected chi connectivity index (χ1v) is 11.1. The van der Waals surface area contributed by atoms with E-state index in [1.54, 1.807) is 11.9 Å². The molecule has 170 valence electrons. The molecule has 3 aromatic rings. The molecule has 10 nitrogen and oxygen atoms in total. The van der Waals surface area contributed by atoms with Gasteiger partial charge in [-0.3, -0.25) is 4.72 Å². The van der Waals surface area contributed by atoms with Crippen LogP contribution < -0.4 is 14.4 Å². The van der Waals surface area contributed by atoms with Crippen LogP contribution in [-0.4, -0.2) is 50.3 Å². The minimum absolute atomic E-state index is 0.0100. The Balaban J connectivity index is 1.81. The normalized spacial score (nSPS) is 11.2. The van der Waals surface area contributed by atoms with Crippen LogP contribution in [0.25, 0.3) is 0 Å². The van der Waals surface area contributed by atoms with E-state index < -0.39 is 16.0 Å². The molecule has 2 heterocycles. The van der Waals surface area contributed by atoms with E-state index in [-0.39, 0.29) is 22.0 Å². The number of hydrogen-bond donors (Lipinski definition) is 2. The van der Waals surface area contributed by atoms with Gasteiger partial charge >= 0.3 is 5.97 Å². The number of likely N-dealkylation sites (N-methyl/N-ethyl adjacent to an activating group) is 1. The summed E-state index contributed by atoms with van der Waals surface area (Å²) >= 11 is 0. The molecule has 1 aromatic carbocycles. The first kappa shape index (κ1) is 23.1. The van der Waals surface area contributed by atoms with Crippen LogP contribution in [0.1, 0.15) is 27.4 Å². The average Bonchev–Trinajstić information content (AvgIpc) is 3.09. The van der Waals surface area contributed by atoms with E-state index in [1.165, 1.54) is 43.6 Å². The van der Waals surface area contributed by atoms with Gasteiger partial charge in [0.15, 0.2) is 0 Å². The number of sulfonamides is 1. The maximum Gasteiger partial charge on any atom is 0.339 e. The van der Waals surface area contributed by atoms with Crippen LogP contribution in [0, 0.1) is 13.8 Å². The molecule has 11 heteroatoms. The lowest BCUT2D eigenvalue weighted by atomic mass is 10.1. The van der Waals surface area contributed by atoms with Crippen LogP contribution >= 0.6 is 0 Å². The Bertz CT molecular complexity index is 1200. The number of aryl methyl sites for hydroxylation is 2. The Morgan fingerprint density at radius 2 is 1.94 bits per heavy atom. The van der Waals surface area contributed by atoms with E-state index in [0.29, 0.717) is 24.5 Å². The molecule has 0 amide bonds. The molecular formula is C21H24N4O6S. The number of benzene rings is 1. The molecule has 0 bridgehead atoms. The number of rotatable bonds is 9. The molecule has 0 radical (unpaired) electrons. The van der Waals surface area contributed by atoms with Gasteiger partial charge in [-0.05, 0) is 50.6 Å². The molecule has 0 aliphatic heterocycles. The smallest absolute Gasteiger partial charge is 0.339 e. The van der Waals surface area contributed by atoms with Crippen molar-refractivity contribution in [3.63, 3.8) is 0 Å². The first-order chi connectivity index (χ1) is 15.1. The molecule has 0 aliphatic carbocycles. The molecule has 3 rings (SSSR count).